The van der Waals surface area contributed by atoms with E-state index in [2.05, 4.69) is 0 Å². The van der Waals surface area contributed by atoms with Crippen LogP contribution in [0.2, 0.25) is 0 Å². The van der Waals surface area contributed by atoms with Crippen LogP contribution in [0.4, 0.5) is 0 Å². The molecule has 0 aliphatic heterocycles. The van der Waals surface area contributed by atoms with Crippen molar-refractivity contribution in [2.45, 2.75) is 13.2 Å². The predicted molar refractivity (Wildman–Crippen MR) is 117 cm³/mol. The number of hydrogen-bond donors (Lipinski definition) is 0. The van der Waals surface area contributed by atoms with Gasteiger partial charge in [-0.3, -0.25) is 4.79 Å². The molecule has 5 nitrogen and oxygen atoms in total. The number of carbonyl (C=O) groups excluding carboxylic acids is 1. The first-order valence-corrected chi connectivity index (χ1v) is 9.81. The number of ether oxygens (including phenoxy) is 2. The maximum absolute atomic E-state index is 12.4. The Morgan fingerprint density at radius 2 is 1.35 bits per heavy atom. The molecule has 0 N–H and O–H groups in total. The van der Waals surface area contributed by atoms with E-state index in [0.717, 1.165) is 17.2 Å². The first-order valence-electron chi connectivity index (χ1n) is 9.81. The highest BCUT2D eigenvalue weighted by atomic mass is 16.5. The van der Waals surface area contributed by atoms with Crippen LogP contribution >= 0.6 is 0 Å². The van der Waals surface area contributed by atoms with Crippen molar-refractivity contribution < 1.29 is 18.7 Å². The molecule has 31 heavy (non-hydrogen) atoms. The maximum atomic E-state index is 12.4. The van der Waals surface area contributed by atoms with Crippen molar-refractivity contribution in [2.24, 2.45) is 0 Å². The lowest BCUT2D eigenvalue weighted by atomic mass is 10.1. The Morgan fingerprint density at radius 1 is 0.742 bits per heavy atom. The van der Waals surface area contributed by atoms with E-state index in [1.54, 1.807) is 24.3 Å². The standard InChI is InChI=1S/C26H20O5/c27-22-15-24(31-25(16-22)26(28)30-18-20-9-5-2-6-10-20)21-11-13-23(14-12-21)29-17-19-7-3-1-4-8-19/h1-16H,17-18H2. The van der Waals surface area contributed by atoms with Gasteiger partial charge in [0.15, 0.2) is 5.43 Å². The van der Waals surface area contributed by atoms with Crippen LogP contribution in [0, 0.1) is 0 Å². The summed E-state index contributed by atoms with van der Waals surface area (Å²) in [4.78, 5) is 24.4. The van der Waals surface area contributed by atoms with Crippen molar-refractivity contribution in [3.63, 3.8) is 0 Å². The third kappa shape index (κ3) is 5.48. The van der Waals surface area contributed by atoms with Crippen molar-refractivity contribution in [3.05, 3.63) is 124 Å². The fourth-order valence-corrected chi connectivity index (χ4v) is 2.97. The third-order valence-electron chi connectivity index (χ3n) is 4.57. The number of esters is 1. The summed E-state index contributed by atoms with van der Waals surface area (Å²) in [5, 5.41) is 0. The number of carbonyl (C=O) groups is 1. The molecule has 0 aliphatic carbocycles. The first kappa shape index (κ1) is 20.2. The summed E-state index contributed by atoms with van der Waals surface area (Å²) < 4.78 is 16.7. The van der Waals surface area contributed by atoms with Crippen LogP contribution in [-0.4, -0.2) is 5.97 Å². The van der Waals surface area contributed by atoms with Crippen molar-refractivity contribution in [1.82, 2.24) is 0 Å². The van der Waals surface area contributed by atoms with Crippen LogP contribution < -0.4 is 10.2 Å². The first-order chi connectivity index (χ1) is 15.2. The molecule has 1 heterocycles. The summed E-state index contributed by atoms with van der Waals surface area (Å²) in [5.41, 5.74) is 2.24. The van der Waals surface area contributed by atoms with Gasteiger partial charge in [-0.05, 0) is 35.4 Å². The van der Waals surface area contributed by atoms with Gasteiger partial charge in [-0.15, -0.1) is 0 Å². The minimum atomic E-state index is -0.689. The molecule has 0 amide bonds. The Morgan fingerprint density at radius 3 is 2.00 bits per heavy atom. The predicted octanol–water partition coefficient (Wildman–Crippen LogP) is 5.24. The molecule has 3 aromatic carbocycles. The van der Waals surface area contributed by atoms with Crippen molar-refractivity contribution in [2.75, 3.05) is 0 Å². The van der Waals surface area contributed by atoms with E-state index in [-0.39, 0.29) is 23.6 Å². The van der Waals surface area contributed by atoms with Gasteiger partial charge in [0.1, 0.15) is 24.7 Å². The van der Waals surface area contributed by atoms with E-state index in [4.69, 9.17) is 13.9 Å². The summed E-state index contributed by atoms with van der Waals surface area (Å²) >= 11 is 0. The number of hydrogen-bond acceptors (Lipinski definition) is 5. The lowest BCUT2D eigenvalue weighted by Crippen LogP contribution is -2.09. The molecule has 0 bridgehead atoms. The average molecular weight is 412 g/mol. The van der Waals surface area contributed by atoms with E-state index < -0.39 is 5.97 Å². The van der Waals surface area contributed by atoms with Gasteiger partial charge >= 0.3 is 5.97 Å². The quantitative estimate of drug-likeness (QED) is 0.388. The molecule has 4 aromatic rings. The summed E-state index contributed by atoms with van der Waals surface area (Å²) in [5.74, 6) is 0.149. The average Bonchev–Trinajstić information content (AvgIpc) is 2.82. The molecule has 0 unspecified atom stereocenters. The van der Waals surface area contributed by atoms with E-state index in [1.807, 2.05) is 60.7 Å². The molecule has 0 fully saturated rings. The van der Waals surface area contributed by atoms with Gasteiger partial charge in [-0.1, -0.05) is 60.7 Å². The van der Waals surface area contributed by atoms with Gasteiger partial charge in [0.25, 0.3) is 0 Å². The van der Waals surface area contributed by atoms with Gasteiger partial charge in [0, 0.05) is 17.7 Å². The Kier molecular flexibility index (Phi) is 6.24. The fourth-order valence-electron chi connectivity index (χ4n) is 2.97. The van der Waals surface area contributed by atoms with Crippen LogP contribution in [-0.2, 0) is 18.0 Å². The highest BCUT2D eigenvalue weighted by molar-refractivity contribution is 5.86. The minimum Gasteiger partial charge on any atom is -0.489 e. The Labute approximate surface area is 179 Å². The van der Waals surface area contributed by atoms with Gasteiger partial charge in [0.2, 0.25) is 5.76 Å². The van der Waals surface area contributed by atoms with E-state index in [0.29, 0.717) is 17.9 Å². The second-order valence-corrected chi connectivity index (χ2v) is 6.88. The minimum absolute atomic E-state index is 0.0983. The molecule has 0 spiro atoms. The van der Waals surface area contributed by atoms with Crippen LogP contribution in [0.1, 0.15) is 21.7 Å². The topological polar surface area (TPSA) is 65.7 Å². The third-order valence-corrected chi connectivity index (χ3v) is 4.57. The van der Waals surface area contributed by atoms with Crippen LogP contribution in [0.25, 0.3) is 11.3 Å². The smallest absolute Gasteiger partial charge is 0.374 e. The van der Waals surface area contributed by atoms with Gasteiger partial charge in [0.05, 0.1) is 0 Å². The SMILES string of the molecule is O=C(OCc1ccccc1)c1cc(=O)cc(-c2ccc(OCc3ccccc3)cc2)o1. The lowest BCUT2D eigenvalue weighted by Gasteiger charge is -2.08. The van der Waals surface area contributed by atoms with E-state index in [9.17, 15) is 9.59 Å². The molecule has 4 rings (SSSR count). The van der Waals surface area contributed by atoms with Crippen LogP contribution in [0.15, 0.2) is 106 Å². The molecular formula is C26H20O5. The molecule has 1 aromatic heterocycles. The van der Waals surface area contributed by atoms with Crippen molar-refractivity contribution in [3.8, 4) is 17.1 Å². The molecular weight excluding hydrogens is 392 g/mol. The molecule has 0 saturated heterocycles. The highest BCUT2D eigenvalue weighted by Gasteiger charge is 2.14. The zero-order valence-electron chi connectivity index (χ0n) is 16.7. The molecule has 154 valence electrons. The monoisotopic (exact) mass is 412 g/mol. The molecule has 0 aliphatic rings. The van der Waals surface area contributed by atoms with E-state index in [1.165, 1.54) is 6.07 Å². The largest absolute Gasteiger partial charge is 0.489 e. The summed E-state index contributed by atoms with van der Waals surface area (Å²) in [7, 11) is 0. The molecule has 5 heteroatoms. The fraction of sp³-hybridized carbons (Fsp3) is 0.0769. The van der Waals surface area contributed by atoms with Gasteiger partial charge in [-0.25, -0.2) is 4.79 Å². The second-order valence-electron chi connectivity index (χ2n) is 6.88. The zero-order valence-corrected chi connectivity index (χ0v) is 16.7. The van der Waals surface area contributed by atoms with Crippen molar-refractivity contribution >= 4 is 5.97 Å². The van der Waals surface area contributed by atoms with Gasteiger partial charge < -0.3 is 13.9 Å². The number of benzene rings is 3. The molecule has 0 saturated carbocycles. The van der Waals surface area contributed by atoms with Crippen LogP contribution in [0.5, 0.6) is 5.75 Å². The Hall–Kier alpha value is -4.12. The zero-order chi connectivity index (χ0) is 21.5. The van der Waals surface area contributed by atoms with Crippen molar-refractivity contribution in [1.29, 1.82) is 0 Å². The Balaban J connectivity index is 1.44. The summed E-state index contributed by atoms with van der Waals surface area (Å²) in [6.45, 7) is 0.555. The van der Waals surface area contributed by atoms with E-state index >= 15 is 0 Å². The van der Waals surface area contributed by atoms with Crippen LogP contribution in [0.3, 0.4) is 0 Å². The highest BCUT2D eigenvalue weighted by Crippen LogP contribution is 2.23. The molecule has 0 atom stereocenters. The molecule has 0 radical (unpaired) electrons. The number of rotatable bonds is 7. The summed E-state index contributed by atoms with van der Waals surface area (Å²) in [6, 6.07) is 28.8. The summed E-state index contributed by atoms with van der Waals surface area (Å²) in [6.07, 6.45) is 0. The maximum Gasteiger partial charge on any atom is 0.374 e. The lowest BCUT2D eigenvalue weighted by molar-refractivity contribution is 0.0434. The Bertz CT molecular complexity index is 1200. The normalized spacial score (nSPS) is 10.5. The second kappa shape index (κ2) is 9.59. The van der Waals surface area contributed by atoms with Gasteiger partial charge in [-0.2, -0.15) is 0 Å².